The summed E-state index contributed by atoms with van der Waals surface area (Å²) in [5, 5.41) is 0.544. The quantitative estimate of drug-likeness (QED) is 0.442. The van der Waals surface area contributed by atoms with E-state index in [2.05, 4.69) is 52.0 Å². The van der Waals surface area contributed by atoms with Gasteiger partial charge in [0, 0.05) is 0 Å². The van der Waals surface area contributed by atoms with E-state index >= 15 is 0 Å². The molecule has 0 spiro atoms. The summed E-state index contributed by atoms with van der Waals surface area (Å²) in [6.45, 7) is 14.5. The summed E-state index contributed by atoms with van der Waals surface area (Å²) in [5.74, 6) is 1.39. The Balaban J connectivity index is 3.67. The van der Waals surface area contributed by atoms with Crippen molar-refractivity contribution in [2.75, 3.05) is 5.75 Å². The molecule has 0 aliphatic carbocycles. The van der Waals surface area contributed by atoms with Crippen LogP contribution in [0.4, 0.5) is 0 Å². The van der Waals surface area contributed by atoms with Gasteiger partial charge in [-0.3, -0.25) is 0 Å². The van der Waals surface area contributed by atoms with Gasteiger partial charge < -0.3 is 0 Å². The molecule has 0 fully saturated rings. The summed E-state index contributed by atoms with van der Waals surface area (Å²) in [6, 6.07) is 0. The maximum Gasteiger partial charge on any atom is 0.116 e. The second-order valence-electron chi connectivity index (χ2n) is 5.67. The number of unbranched alkanes of at least 4 members (excludes halogenated alkanes) is 3. The van der Waals surface area contributed by atoms with E-state index in [1.54, 1.807) is 0 Å². The van der Waals surface area contributed by atoms with Crippen molar-refractivity contribution in [3.8, 4) is 0 Å². The predicted molar refractivity (Wildman–Crippen MR) is 73.8 cm³/mol. The molecule has 0 aliphatic heterocycles. The van der Waals surface area contributed by atoms with Gasteiger partial charge in [0.2, 0.25) is 0 Å². The van der Waals surface area contributed by atoms with Crippen molar-refractivity contribution in [3.05, 3.63) is 0 Å². The van der Waals surface area contributed by atoms with Crippen molar-refractivity contribution in [2.45, 2.75) is 71.5 Å². The van der Waals surface area contributed by atoms with Crippen LogP contribution >= 0.6 is 11.2 Å². The van der Waals surface area contributed by atoms with E-state index in [0.717, 1.165) is 0 Å². The highest BCUT2D eigenvalue weighted by Gasteiger charge is 2.35. The minimum Gasteiger partial charge on any atom is -0.185 e. The predicted octanol–water partition coefficient (Wildman–Crippen LogP) is 5.31. The average Bonchev–Trinajstić information content (AvgIpc) is 2.02. The number of rotatable bonds is 6. The standard InChI is InChI=1S/C12H28SSi/c1-7-8-9-10-11-13-14(5,6)12(2,3)4/h7-11H2,1-6H3. The molecule has 0 aromatic carbocycles. The van der Waals surface area contributed by atoms with Crippen LogP contribution in [0.3, 0.4) is 0 Å². The molecule has 0 unspecified atom stereocenters. The number of hydrogen-bond acceptors (Lipinski definition) is 1. The Morgan fingerprint density at radius 3 is 2.00 bits per heavy atom. The zero-order valence-corrected chi connectivity index (χ0v) is 12.8. The number of hydrogen-bond donors (Lipinski definition) is 0. The molecule has 0 radical (unpaired) electrons. The molecule has 0 aromatic rings. The fourth-order valence-corrected chi connectivity index (χ4v) is 5.63. The third-order valence-electron chi connectivity index (χ3n) is 3.27. The van der Waals surface area contributed by atoms with Crippen molar-refractivity contribution in [1.82, 2.24) is 0 Å². The highest BCUT2D eigenvalue weighted by atomic mass is 32.4. The molecule has 0 atom stereocenters. The Hall–Kier alpha value is 0.567. The van der Waals surface area contributed by atoms with Gasteiger partial charge in [-0.2, -0.15) is 11.2 Å². The summed E-state index contributed by atoms with van der Waals surface area (Å²) >= 11 is 2.27. The van der Waals surface area contributed by atoms with Crippen molar-refractivity contribution >= 4 is 18.4 Å². The molecule has 0 aliphatic rings. The Bertz CT molecular complexity index is 147. The first-order valence-corrected chi connectivity index (χ1v) is 10.7. The van der Waals surface area contributed by atoms with Gasteiger partial charge in [-0.25, -0.2) is 0 Å². The van der Waals surface area contributed by atoms with Crippen LogP contribution in [-0.4, -0.2) is 13.0 Å². The van der Waals surface area contributed by atoms with Crippen molar-refractivity contribution < 1.29 is 0 Å². The summed E-state index contributed by atoms with van der Waals surface area (Å²) in [6.07, 6.45) is 5.62. The Morgan fingerprint density at radius 1 is 1.00 bits per heavy atom. The molecule has 0 nitrogen and oxygen atoms in total. The highest BCUT2D eigenvalue weighted by Crippen LogP contribution is 2.43. The fraction of sp³-hybridized carbons (Fsp3) is 1.00. The monoisotopic (exact) mass is 232 g/mol. The van der Waals surface area contributed by atoms with Gasteiger partial charge in [-0.1, -0.05) is 60.1 Å². The molecule has 0 saturated carbocycles. The smallest absolute Gasteiger partial charge is 0.116 e. The first kappa shape index (κ1) is 14.6. The van der Waals surface area contributed by atoms with Gasteiger partial charge in [0.05, 0.1) is 0 Å². The molecule has 2 heteroatoms. The minimum absolute atomic E-state index is 0.544. The Labute approximate surface area is 95.9 Å². The molecule has 0 saturated heterocycles. The molecule has 86 valence electrons. The summed E-state index contributed by atoms with van der Waals surface area (Å²) in [7, 11) is -1.05. The van der Waals surface area contributed by atoms with Gasteiger partial charge >= 0.3 is 0 Å². The Kier molecular flexibility index (Phi) is 6.47. The van der Waals surface area contributed by atoms with Gasteiger partial charge in [0.15, 0.2) is 0 Å². The van der Waals surface area contributed by atoms with Crippen molar-refractivity contribution in [3.63, 3.8) is 0 Å². The van der Waals surface area contributed by atoms with E-state index in [9.17, 15) is 0 Å². The second kappa shape index (κ2) is 6.22. The van der Waals surface area contributed by atoms with Gasteiger partial charge in [-0.15, -0.1) is 0 Å². The van der Waals surface area contributed by atoms with Crippen LogP contribution in [0.25, 0.3) is 0 Å². The van der Waals surface area contributed by atoms with Crippen LogP contribution in [0.2, 0.25) is 18.1 Å². The SMILES string of the molecule is CCCCCCS[Si](C)(C)C(C)(C)C. The molecule has 14 heavy (non-hydrogen) atoms. The lowest BCUT2D eigenvalue weighted by atomic mass is 10.2. The molecule has 0 rings (SSSR count). The minimum atomic E-state index is -1.05. The van der Waals surface area contributed by atoms with Crippen LogP contribution in [0, 0.1) is 0 Å². The van der Waals surface area contributed by atoms with Crippen molar-refractivity contribution in [1.29, 1.82) is 0 Å². The van der Waals surface area contributed by atoms with Gasteiger partial charge in [-0.05, 0) is 17.2 Å². The molecular weight excluding hydrogens is 204 g/mol. The fourth-order valence-electron chi connectivity index (χ4n) is 1.07. The third kappa shape index (κ3) is 5.45. The third-order valence-corrected chi connectivity index (χ3v) is 12.7. The summed E-state index contributed by atoms with van der Waals surface area (Å²) < 4.78 is 0. The largest absolute Gasteiger partial charge is 0.185 e. The van der Waals surface area contributed by atoms with Crippen LogP contribution < -0.4 is 0 Å². The van der Waals surface area contributed by atoms with Crippen LogP contribution in [-0.2, 0) is 0 Å². The normalized spacial score (nSPS) is 13.3. The molecule has 0 bridgehead atoms. The molecule has 0 N–H and O–H groups in total. The zero-order chi connectivity index (χ0) is 11.2. The highest BCUT2D eigenvalue weighted by molar-refractivity contribution is 8.29. The van der Waals surface area contributed by atoms with Crippen LogP contribution in [0.1, 0.15) is 53.4 Å². The Morgan fingerprint density at radius 2 is 1.57 bits per heavy atom. The summed E-state index contributed by atoms with van der Waals surface area (Å²) in [4.78, 5) is 0. The zero-order valence-electron chi connectivity index (χ0n) is 10.9. The second-order valence-corrected chi connectivity index (χ2v) is 14.8. The van der Waals surface area contributed by atoms with E-state index in [0.29, 0.717) is 5.04 Å². The first-order valence-electron chi connectivity index (χ1n) is 5.95. The molecule has 0 aromatic heterocycles. The van der Waals surface area contributed by atoms with E-state index in [1.807, 2.05) is 0 Å². The first-order chi connectivity index (χ1) is 6.31. The maximum atomic E-state index is 2.51. The lowest BCUT2D eigenvalue weighted by Gasteiger charge is -2.36. The molecule has 0 heterocycles. The van der Waals surface area contributed by atoms with E-state index < -0.39 is 7.22 Å². The van der Waals surface area contributed by atoms with Crippen molar-refractivity contribution in [2.24, 2.45) is 0 Å². The van der Waals surface area contributed by atoms with E-state index in [4.69, 9.17) is 0 Å². The van der Waals surface area contributed by atoms with Crippen LogP contribution in [0.15, 0.2) is 0 Å². The molecular formula is C12H28SSi. The summed E-state index contributed by atoms with van der Waals surface area (Å²) in [5.41, 5.74) is 0. The lowest BCUT2D eigenvalue weighted by Crippen LogP contribution is -2.33. The average molecular weight is 233 g/mol. The topological polar surface area (TPSA) is 0 Å². The van der Waals surface area contributed by atoms with Gasteiger partial charge in [0.1, 0.15) is 7.22 Å². The maximum absolute atomic E-state index is 2.51. The van der Waals surface area contributed by atoms with Crippen LogP contribution in [0.5, 0.6) is 0 Å². The van der Waals surface area contributed by atoms with Gasteiger partial charge in [0.25, 0.3) is 0 Å². The van der Waals surface area contributed by atoms with E-state index in [-0.39, 0.29) is 0 Å². The van der Waals surface area contributed by atoms with E-state index in [1.165, 1.54) is 31.4 Å². The lowest BCUT2D eigenvalue weighted by molar-refractivity contribution is 0.706. The molecule has 0 amide bonds.